The molecule has 6 nitrogen and oxygen atoms in total. The molecule has 134 valence electrons. The zero-order valence-electron chi connectivity index (χ0n) is 15.1. The molecule has 1 atom stereocenters. The molecule has 0 radical (unpaired) electrons. The van der Waals surface area contributed by atoms with E-state index < -0.39 is 0 Å². The van der Waals surface area contributed by atoms with Gasteiger partial charge in [-0.1, -0.05) is 32.0 Å². The number of hydrogen-bond donors (Lipinski definition) is 1. The number of ether oxygens (including phenoxy) is 1. The van der Waals surface area contributed by atoms with E-state index in [2.05, 4.69) is 18.9 Å². The van der Waals surface area contributed by atoms with Crippen LogP contribution in [0.3, 0.4) is 0 Å². The third-order valence-electron chi connectivity index (χ3n) is 4.80. The predicted octanol–water partition coefficient (Wildman–Crippen LogP) is 2.47. The number of aromatic nitrogens is 2. The van der Waals surface area contributed by atoms with Crippen molar-refractivity contribution in [2.24, 2.45) is 11.1 Å². The molecule has 25 heavy (non-hydrogen) atoms. The van der Waals surface area contributed by atoms with Gasteiger partial charge in [0.2, 0.25) is 0 Å². The van der Waals surface area contributed by atoms with Crippen LogP contribution in [0, 0.1) is 5.41 Å². The van der Waals surface area contributed by atoms with Crippen LogP contribution >= 0.6 is 0 Å². The summed E-state index contributed by atoms with van der Waals surface area (Å²) in [4.78, 5) is 14.9. The Kier molecular flexibility index (Phi) is 4.81. The molecule has 2 aromatic rings. The van der Waals surface area contributed by atoms with Gasteiger partial charge in [0.1, 0.15) is 0 Å². The monoisotopic (exact) mass is 342 g/mol. The molecule has 1 aromatic heterocycles. The first-order chi connectivity index (χ1) is 11.9. The van der Waals surface area contributed by atoms with E-state index in [0.717, 1.165) is 12.1 Å². The molecular formula is C19H26N4O2. The first kappa shape index (κ1) is 17.5. The van der Waals surface area contributed by atoms with Crippen LogP contribution in [0.2, 0.25) is 0 Å². The largest absolute Gasteiger partial charge is 0.490 e. The number of piperidine rings is 1. The van der Waals surface area contributed by atoms with Gasteiger partial charge in [-0.05, 0) is 30.9 Å². The Bertz CT molecular complexity index is 739. The molecule has 3 rings (SSSR count). The van der Waals surface area contributed by atoms with Crippen LogP contribution in [-0.4, -0.2) is 46.3 Å². The lowest BCUT2D eigenvalue weighted by Gasteiger charge is -2.42. The SMILES string of the molecule is CCOc1cn(-c2ccccc2)nc1C(=O)N1CCC(N)C(C)(C)C1. The predicted molar refractivity (Wildman–Crippen MR) is 97.0 cm³/mol. The lowest BCUT2D eigenvalue weighted by Crippen LogP contribution is -2.54. The minimum Gasteiger partial charge on any atom is -0.490 e. The number of likely N-dealkylation sites (tertiary alicyclic amines) is 1. The van der Waals surface area contributed by atoms with Gasteiger partial charge in [0.05, 0.1) is 18.5 Å². The molecule has 1 fully saturated rings. The smallest absolute Gasteiger partial charge is 0.278 e. The summed E-state index contributed by atoms with van der Waals surface area (Å²) < 4.78 is 7.36. The number of carbonyl (C=O) groups excluding carboxylic acids is 1. The van der Waals surface area contributed by atoms with E-state index in [4.69, 9.17) is 10.5 Å². The molecule has 0 aliphatic carbocycles. The van der Waals surface area contributed by atoms with Crippen molar-refractivity contribution >= 4 is 5.91 Å². The number of rotatable bonds is 4. The molecule has 2 N–H and O–H groups in total. The van der Waals surface area contributed by atoms with E-state index >= 15 is 0 Å². The maximum atomic E-state index is 13.1. The number of amides is 1. The summed E-state index contributed by atoms with van der Waals surface area (Å²) >= 11 is 0. The Labute approximate surface area is 148 Å². The number of nitrogens with two attached hydrogens (primary N) is 1. The van der Waals surface area contributed by atoms with Gasteiger partial charge >= 0.3 is 0 Å². The van der Waals surface area contributed by atoms with Crippen molar-refractivity contribution in [3.05, 3.63) is 42.2 Å². The molecule has 0 spiro atoms. The number of benzene rings is 1. The third kappa shape index (κ3) is 3.54. The summed E-state index contributed by atoms with van der Waals surface area (Å²) in [6, 6.07) is 9.81. The van der Waals surface area contributed by atoms with Crippen LogP contribution in [0.4, 0.5) is 0 Å². The van der Waals surface area contributed by atoms with Gasteiger partial charge < -0.3 is 15.4 Å². The van der Waals surface area contributed by atoms with Crippen molar-refractivity contribution in [3.63, 3.8) is 0 Å². The van der Waals surface area contributed by atoms with Crippen molar-refractivity contribution < 1.29 is 9.53 Å². The highest BCUT2D eigenvalue weighted by molar-refractivity contribution is 5.95. The maximum absolute atomic E-state index is 13.1. The first-order valence-electron chi connectivity index (χ1n) is 8.75. The van der Waals surface area contributed by atoms with Gasteiger partial charge in [-0.15, -0.1) is 0 Å². The van der Waals surface area contributed by atoms with Crippen LogP contribution < -0.4 is 10.5 Å². The fraction of sp³-hybridized carbons (Fsp3) is 0.474. The molecule has 6 heteroatoms. The first-order valence-corrected chi connectivity index (χ1v) is 8.75. The Morgan fingerprint density at radius 1 is 1.36 bits per heavy atom. The normalized spacial score (nSPS) is 19.7. The Morgan fingerprint density at radius 2 is 2.08 bits per heavy atom. The van der Waals surface area contributed by atoms with Crippen LogP contribution in [0.15, 0.2) is 36.5 Å². The van der Waals surface area contributed by atoms with Gasteiger partial charge in [-0.2, -0.15) is 5.10 Å². The van der Waals surface area contributed by atoms with Crippen LogP contribution in [0.25, 0.3) is 5.69 Å². The van der Waals surface area contributed by atoms with E-state index in [9.17, 15) is 4.79 Å². The second-order valence-electron chi connectivity index (χ2n) is 7.17. The second-order valence-corrected chi connectivity index (χ2v) is 7.17. The van der Waals surface area contributed by atoms with E-state index in [-0.39, 0.29) is 17.4 Å². The fourth-order valence-electron chi connectivity index (χ4n) is 3.18. The molecule has 1 aromatic carbocycles. The minimum atomic E-state index is -0.109. The van der Waals surface area contributed by atoms with Crippen molar-refractivity contribution in [3.8, 4) is 11.4 Å². The number of nitrogens with zero attached hydrogens (tertiary/aromatic N) is 3. The summed E-state index contributed by atoms with van der Waals surface area (Å²) in [5.74, 6) is 0.419. The van der Waals surface area contributed by atoms with Crippen molar-refractivity contribution in [2.75, 3.05) is 19.7 Å². The highest BCUT2D eigenvalue weighted by atomic mass is 16.5. The summed E-state index contributed by atoms with van der Waals surface area (Å²) in [5, 5.41) is 4.51. The summed E-state index contributed by atoms with van der Waals surface area (Å²) in [6.07, 6.45) is 2.56. The lowest BCUT2D eigenvalue weighted by atomic mass is 9.79. The fourth-order valence-corrected chi connectivity index (χ4v) is 3.18. The number of carbonyl (C=O) groups is 1. The zero-order chi connectivity index (χ0) is 18.0. The Morgan fingerprint density at radius 3 is 2.72 bits per heavy atom. The van der Waals surface area contributed by atoms with Gasteiger partial charge in [-0.3, -0.25) is 4.79 Å². The molecule has 2 heterocycles. The van der Waals surface area contributed by atoms with Gasteiger partial charge in [0, 0.05) is 19.1 Å². The molecule has 1 unspecified atom stereocenters. The highest BCUT2D eigenvalue weighted by Crippen LogP contribution is 2.30. The number of hydrogen-bond acceptors (Lipinski definition) is 4. The van der Waals surface area contributed by atoms with Crippen LogP contribution in [0.1, 0.15) is 37.7 Å². The zero-order valence-corrected chi connectivity index (χ0v) is 15.1. The minimum absolute atomic E-state index is 0.0990. The Hall–Kier alpha value is -2.34. The summed E-state index contributed by atoms with van der Waals surface area (Å²) in [7, 11) is 0. The van der Waals surface area contributed by atoms with Gasteiger partial charge in [0.15, 0.2) is 11.4 Å². The maximum Gasteiger partial charge on any atom is 0.278 e. The molecule has 0 saturated carbocycles. The van der Waals surface area contributed by atoms with Crippen molar-refractivity contribution in [2.45, 2.75) is 33.2 Å². The van der Waals surface area contributed by atoms with E-state index in [1.54, 1.807) is 10.9 Å². The van der Waals surface area contributed by atoms with E-state index in [0.29, 0.717) is 31.1 Å². The van der Waals surface area contributed by atoms with Gasteiger partial charge in [-0.25, -0.2) is 4.68 Å². The summed E-state index contributed by atoms with van der Waals surface area (Å²) in [5.41, 5.74) is 7.33. The molecule has 1 saturated heterocycles. The highest BCUT2D eigenvalue weighted by Gasteiger charge is 2.37. The van der Waals surface area contributed by atoms with Gasteiger partial charge in [0.25, 0.3) is 5.91 Å². The standard InChI is InChI=1S/C19H26N4O2/c1-4-25-15-12-23(14-8-6-5-7-9-14)21-17(15)18(24)22-11-10-16(20)19(2,3)13-22/h5-9,12,16H,4,10-11,13,20H2,1-3H3. The molecular weight excluding hydrogens is 316 g/mol. The van der Waals surface area contributed by atoms with E-state index in [1.807, 2.05) is 42.2 Å². The molecule has 0 bridgehead atoms. The van der Waals surface area contributed by atoms with Crippen molar-refractivity contribution in [1.29, 1.82) is 0 Å². The topological polar surface area (TPSA) is 73.4 Å². The average Bonchev–Trinajstić information content (AvgIpc) is 3.02. The lowest BCUT2D eigenvalue weighted by molar-refractivity contribution is 0.0523. The number of para-hydroxylation sites is 1. The Balaban J connectivity index is 1.90. The second kappa shape index (κ2) is 6.88. The summed E-state index contributed by atoms with van der Waals surface area (Å²) in [6.45, 7) is 7.85. The van der Waals surface area contributed by atoms with Crippen LogP contribution in [-0.2, 0) is 0 Å². The quantitative estimate of drug-likeness (QED) is 0.926. The average molecular weight is 342 g/mol. The van der Waals surface area contributed by atoms with Crippen LogP contribution in [0.5, 0.6) is 5.75 Å². The molecule has 1 aliphatic rings. The molecule has 1 amide bonds. The molecule has 1 aliphatic heterocycles. The third-order valence-corrected chi connectivity index (χ3v) is 4.80. The van der Waals surface area contributed by atoms with Crippen molar-refractivity contribution in [1.82, 2.24) is 14.7 Å². The van der Waals surface area contributed by atoms with E-state index in [1.165, 1.54) is 0 Å².